The van der Waals surface area contributed by atoms with E-state index in [2.05, 4.69) is 4.98 Å². The largest absolute Gasteiger partial charge is 0.481 e. The number of amides is 1. The highest BCUT2D eigenvalue weighted by Gasteiger charge is 2.50. The fourth-order valence-corrected chi connectivity index (χ4v) is 1.71. The van der Waals surface area contributed by atoms with E-state index in [0.29, 0.717) is 5.88 Å². The molecule has 1 aliphatic rings. The van der Waals surface area contributed by atoms with E-state index in [1.807, 2.05) is 0 Å². The Morgan fingerprint density at radius 2 is 2.22 bits per heavy atom. The molecule has 0 radical (unpaired) electrons. The molecule has 98 valence electrons. The lowest BCUT2D eigenvalue weighted by Gasteiger charge is -2.45. The van der Waals surface area contributed by atoms with E-state index in [-0.39, 0.29) is 18.7 Å². The smallest absolute Gasteiger partial charge is 0.270 e. The van der Waals surface area contributed by atoms with Crippen molar-refractivity contribution < 1.29 is 23.4 Å². The molecule has 5 nitrogen and oxygen atoms in total. The third-order valence-electron chi connectivity index (χ3n) is 2.82. The van der Waals surface area contributed by atoms with Crippen molar-refractivity contribution in [3.05, 3.63) is 23.9 Å². The monoisotopic (exact) mass is 258 g/mol. The van der Waals surface area contributed by atoms with Gasteiger partial charge < -0.3 is 14.7 Å². The molecule has 1 saturated heterocycles. The Kier molecular flexibility index (Phi) is 3.16. The maximum Gasteiger partial charge on any atom is 0.270 e. The lowest BCUT2D eigenvalue weighted by Crippen LogP contribution is -2.67. The molecule has 1 aliphatic heterocycles. The van der Waals surface area contributed by atoms with Crippen molar-refractivity contribution in [3.8, 4) is 5.88 Å². The van der Waals surface area contributed by atoms with Crippen LogP contribution in [0.4, 0.5) is 8.78 Å². The van der Waals surface area contributed by atoms with Gasteiger partial charge in [-0.25, -0.2) is 13.8 Å². The number of likely N-dealkylation sites (tertiary alicyclic amines) is 1. The predicted molar refractivity (Wildman–Crippen MR) is 57.6 cm³/mol. The van der Waals surface area contributed by atoms with Gasteiger partial charge in [0.2, 0.25) is 5.88 Å². The fourth-order valence-electron chi connectivity index (χ4n) is 1.71. The maximum atomic E-state index is 12.4. The number of pyridine rings is 1. The number of hydrogen-bond acceptors (Lipinski definition) is 4. The zero-order valence-corrected chi connectivity index (χ0v) is 9.64. The molecule has 1 fully saturated rings. The normalized spacial score (nSPS) is 17.5. The van der Waals surface area contributed by atoms with Gasteiger partial charge in [0.25, 0.3) is 12.3 Å². The van der Waals surface area contributed by atoms with Crippen LogP contribution in [0.5, 0.6) is 5.88 Å². The minimum atomic E-state index is -2.85. The van der Waals surface area contributed by atoms with Crippen LogP contribution >= 0.6 is 0 Å². The maximum absolute atomic E-state index is 12.4. The molecule has 1 aromatic heterocycles. The molecular weight excluding hydrogens is 246 g/mol. The molecular formula is C11H12F2N2O3. The molecule has 0 atom stereocenters. The van der Waals surface area contributed by atoms with E-state index in [1.165, 1.54) is 25.4 Å². The highest BCUT2D eigenvalue weighted by molar-refractivity contribution is 5.94. The summed E-state index contributed by atoms with van der Waals surface area (Å²) in [4.78, 5) is 16.8. The van der Waals surface area contributed by atoms with E-state index in [0.717, 1.165) is 4.90 Å². The third-order valence-corrected chi connectivity index (χ3v) is 2.82. The molecule has 1 aromatic rings. The van der Waals surface area contributed by atoms with Crippen molar-refractivity contribution in [3.63, 3.8) is 0 Å². The predicted octanol–water partition coefficient (Wildman–Crippen LogP) is 0.542. The lowest BCUT2D eigenvalue weighted by molar-refractivity contribution is -0.166. The van der Waals surface area contributed by atoms with Crippen LogP contribution in [0.3, 0.4) is 0 Å². The molecule has 0 spiro atoms. The number of hydrogen-bond donors (Lipinski definition) is 1. The molecule has 0 saturated carbocycles. The van der Waals surface area contributed by atoms with Gasteiger partial charge >= 0.3 is 0 Å². The second kappa shape index (κ2) is 4.49. The van der Waals surface area contributed by atoms with Gasteiger partial charge in [-0.15, -0.1) is 0 Å². The molecule has 1 amide bonds. The second-order valence-corrected chi connectivity index (χ2v) is 4.15. The standard InChI is InChI=1S/C11H12F2N2O3/c1-18-8-3-2-7(4-14-8)9(16)15-5-11(17,6-15)10(12)13/h2-4,10,17H,5-6H2,1H3. The van der Waals surface area contributed by atoms with Crippen LogP contribution in [0.15, 0.2) is 18.3 Å². The van der Waals surface area contributed by atoms with Crippen LogP contribution in [0.25, 0.3) is 0 Å². The topological polar surface area (TPSA) is 62.7 Å². The zero-order valence-electron chi connectivity index (χ0n) is 9.64. The molecule has 0 bridgehead atoms. The van der Waals surface area contributed by atoms with E-state index >= 15 is 0 Å². The number of rotatable bonds is 3. The number of aliphatic hydroxyl groups is 1. The Morgan fingerprint density at radius 3 is 2.67 bits per heavy atom. The Labute approximate surface area is 102 Å². The van der Waals surface area contributed by atoms with Crippen molar-refractivity contribution in [2.75, 3.05) is 20.2 Å². The van der Waals surface area contributed by atoms with E-state index in [9.17, 15) is 18.7 Å². The Morgan fingerprint density at radius 1 is 1.56 bits per heavy atom. The number of carbonyl (C=O) groups excluding carboxylic acids is 1. The van der Waals surface area contributed by atoms with Crippen LogP contribution in [-0.4, -0.2) is 53.1 Å². The van der Waals surface area contributed by atoms with Crippen LogP contribution in [0.1, 0.15) is 10.4 Å². The molecule has 1 N–H and O–H groups in total. The Balaban J connectivity index is 2.01. The average molecular weight is 258 g/mol. The lowest BCUT2D eigenvalue weighted by atomic mass is 9.94. The van der Waals surface area contributed by atoms with E-state index < -0.39 is 17.9 Å². The minimum absolute atomic E-state index is 0.270. The van der Waals surface area contributed by atoms with E-state index in [4.69, 9.17) is 4.74 Å². The van der Waals surface area contributed by atoms with Gasteiger partial charge in [-0.3, -0.25) is 4.79 Å². The molecule has 0 aliphatic carbocycles. The van der Waals surface area contributed by atoms with Crippen molar-refractivity contribution in [1.29, 1.82) is 0 Å². The average Bonchev–Trinajstić information content (AvgIpc) is 2.34. The van der Waals surface area contributed by atoms with Crippen molar-refractivity contribution >= 4 is 5.91 Å². The van der Waals surface area contributed by atoms with Crippen LogP contribution in [0, 0.1) is 0 Å². The van der Waals surface area contributed by atoms with Crippen LogP contribution in [-0.2, 0) is 0 Å². The third kappa shape index (κ3) is 2.13. The zero-order chi connectivity index (χ0) is 13.3. The summed E-state index contributed by atoms with van der Waals surface area (Å²) >= 11 is 0. The summed E-state index contributed by atoms with van der Waals surface area (Å²) < 4.78 is 29.6. The number of alkyl halides is 2. The first-order valence-electron chi connectivity index (χ1n) is 5.26. The van der Waals surface area contributed by atoms with Crippen molar-refractivity contribution in [2.24, 2.45) is 0 Å². The Hall–Kier alpha value is -1.76. The van der Waals surface area contributed by atoms with Crippen molar-refractivity contribution in [2.45, 2.75) is 12.0 Å². The second-order valence-electron chi connectivity index (χ2n) is 4.15. The molecule has 2 rings (SSSR count). The summed E-state index contributed by atoms with van der Waals surface area (Å²) in [6, 6.07) is 3.00. The van der Waals surface area contributed by atoms with Gasteiger partial charge in [-0.05, 0) is 6.07 Å². The summed E-state index contributed by atoms with van der Waals surface area (Å²) in [5, 5.41) is 9.36. The number of methoxy groups -OCH3 is 1. The van der Waals surface area contributed by atoms with Gasteiger partial charge in [0.1, 0.15) is 0 Å². The van der Waals surface area contributed by atoms with Gasteiger partial charge in [0, 0.05) is 12.3 Å². The van der Waals surface area contributed by atoms with E-state index in [1.54, 1.807) is 0 Å². The first-order chi connectivity index (χ1) is 8.46. The number of ether oxygens (including phenoxy) is 1. The van der Waals surface area contributed by atoms with Gasteiger partial charge in [-0.2, -0.15) is 0 Å². The molecule has 18 heavy (non-hydrogen) atoms. The number of carbonyl (C=O) groups is 1. The Bertz CT molecular complexity index is 444. The number of nitrogens with zero attached hydrogens (tertiary/aromatic N) is 2. The highest BCUT2D eigenvalue weighted by atomic mass is 19.3. The SMILES string of the molecule is COc1ccc(C(=O)N2CC(O)(C(F)F)C2)cn1. The molecule has 0 unspecified atom stereocenters. The quantitative estimate of drug-likeness (QED) is 0.859. The first kappa shape index (κ1) is 12.7. The van der Waals surface area contributed by atoms with Crippen LogP contribution in [0.2, 0.25) is 0 Å². The molecule has 7 heteroatoms. The van der Waals surface area contributed by atoms with Gasteiger partial charge in [0.15, 0.2) is 5.60 Å². The fraction of sp³-hybridized carbons (Fsp3) is 0.455. The summed E-state index contributed by atoms with van der Waals surface area (Å²) in [6.07, 6.45) is -1.54. The van der Waals surface area contributed by atoms with Crippen molar-refractivity contribution in [1.82, 2.24) is 9.88 Å². The van der Waals surface area contributed by atoms with Gasteiger partial charge in [-0.1, -0.05) is 0 Å². The van der Waals surface area contributed by atoms with Crippen LogP contribution < -0.4 is 4.74 Å². The number of aromatic nitrogens is 1. The summed E-state index contributed by atoms with van der Waals surface area (Å²) in [5.41, 5.74) is -1.80. The number of halogens is 2. The summed E-state index contributed by atoms with van der Waals surface area (Å²) in [6.45, 7) is -0.731. The summed E-state index contributed by atoms with van der Waals surface area (Å²) in [7, 11) is 1.45. The van der Waals surface area contributed by atoms with Gasteiger partial charge in [0.05, 0.1) is 25.8 Å². The first-order valence-corrected chi connectivity index (χ1v) is 5.26. The summed E-state index contributed by atoms with van der Waals surface area (Å²) in [5.74, 6) is -0.0743. The number of β-amino-alcohol motifs (C(OH)–C–C–N with tert-alkyl or cyclic N) is 1. The molecule has 2 heterocycles. The minimum Gasteiger partial charge on any atom is -0.481 e. The highest BCUT2D eigenvalue weighted by Crippen LogP contribution is 2.28. The molecule has 0 aromatic carbocycles.